The topological polar surface area (TPSA) is 81.1 Å². The van der Waals surface area contributed by atoms with Crippen molar-refractivity contribution in [1.29, 1.82) is 0 Å². The van der Waals surface area contributed by atoms with Crippen molar-refractivity contribution in [2.45, 2.75) is 27.3 Å². The Morgan fingerprint density at radius 3 is 2.42 bits per heavy atom. The fourth-order valence-corrected chi connectivity index (χ4v) is 5.17. The molecular formula is C24H31N3O5S. The van der Waals surface area contributed by atoms with Crippen molar-refractivity contribution >= 4 is 44.2 Å². The Balaban J connectivity index is 2.13. The average Bonchev–Trinajstić information content (AvgIpc) is 3.22. The summed E-state index contributed by atoms with van der Waals surface area (Å²) in [7, 11) is 3.21. The van der Waals surface area contributed by atoms with Gasteiger partial charge in [0.2, 0.25) is 0 Å². The van der Waals surface area contributed by atoms with E-state index in [4.69, 9.17) is 9.47 Å². The number of aromatic nitrogens is 1. The van der Waals surface area contributed by atoms with Crippen molar-refractivity contribution in [1.82, 2.24) is 14.4 Å². The van der Waals surface area contributed by atoms with Crippen LogP contribution >= 0.6 is 11.3 Å². The SMILES string of the molecule is CCOC(=O)Cn1c(=O)c2c(OC)c(C(=O)N(C)CCN(CC)CC)sc2c2ccccc21. The van der Waals surface area contributed by atoms with Gasteiger partial charge in [-0.2, -0.15) is 0 Å². The van der Waals surface area contributed by atoms with E-state index in [1.165, 1.54) is 23.0 Å². The quantitative estimate of drug-likeness (QED) is 0.421. The first-order chi connectivity index (χ1) is 15.9. The Bertz CT molecular complexity index is 1210. The summed E-state index contributed by atoms with van der Waals surface area (Å²) in [5.41, 5.74) is 0.232. The zero-order chi connectivity index (χ0) is 24.1. The van der Waals surface area contributed by atoms with Crippen LogP contribution < -0.4 is 10.3 Å². The minimum absolute atomic E-state index is 0.194. The molecule has 0 aliphatic rings. The summed E-state index contributed by atoms with van der Waals surface area (Å²) in [4.78, 5) is 43.3. The molecule has 0 bridgehead atoms. The molecule has 3 rings (SSSR count). The number of thiophene rings is 1. The number of methoxy groups -OCH3 is 1. The van der Waals surface area contributed by atoms with Gasteiger partial charge in [-0.1, -0.05) is 32.0 Å². The van der Waals surface area contributed by atoms with Crippen molar-refractivity contribution in [3.8, 4) is 5.75 Å². The molecule has 3 aromatic rings. The summed E-state index contributed by atoms with van der Waals surface area (Å²) < 4.78 is 12.7. The monoisotopic (exact) mass is 473 g/mol. The summed E-state index contributed by atoms with van der Waals surface area (Å²) in [6.07, 6.45) is 0. The summed E-state index contributed by atoms with van der Waals surface area (Å²) in [5, 5.41) is 1.09. The van der Waals surface area contributed by atoms with E-state index in [0.29, 0.717) is 27.0 Å². The number of para-hydroxylation sites is 1. The molecule has 0 unspecified atom stereocenters. The molecule has 2 heterocycles. The second kappa shape index (κ2) is 10.8. The first kappa shape index (κ1) is 24.7. The van der Waals surface area contributed by atoms with Gasteiger partial charge in [-0.05, 0) is 26.1 Å². The van der Waals surface area contributed by atoms with E-state index < -0.39 is 5.97 Å². The number of rotatable bonds is 10. The molecule has 1 amide bonds. The minimum atomic E-state index is -0.495. The van der Waals surface area contributed by atoms with Gasteiger partial charge in [0, 0.05) is 25.5 Å². The number of benzene rings is 1. The van der Waals surface area contributed by atoms with Crippen LogP contribution in [0.3, 0.4) is 0 Å². The number of carbonyl (C=O) groups excluding carboxylic acids is 2. The fourth-order valence-electron chi connectivity index (χ4n) is 3.88. The summed E-state index contributed by atoms with van der Waals surface area (Å²) in [6, 6.07) is 7.35. The fraction of sp³-hybridized carbons (Fsp3) is 0.458. The Kier molecular flexibility index (Phi) is 8.10. The molecule has 0 saturated carbocycles. The van der Waals surface area contributed by atoms with Crippen molar-refractivity contribution in [3.63, 3.8) is 0 Å². The highest BCUT2D eigenvalue weighted by Crippen LogP contribution is 2.40. The third kappa shape index (κ3) is 4.89. The molecule has 0 atom stereocenters. The number of fused-ring (bicyclic) bond motifs is 3. The van der Waals surface area contributed by atoms with Gasteiger partial charge in [0.25, 0.3) is 11.5 Å². The maximum Gasteiger partial charge on any atom is 0.326 e. The Morgan fingerprint density at radius 2 is 1.79 bits per heavy atom. The number of likely N-dealkylation sites (N-methyl/N-ethyl adjacent to an activating group) is 2. The normalized spacial score (nSPS) is 11.3. The molecule has 1 aromatic carbocycles. The van der Waals surface area contributed by atoms with Crippen molar-refractivity contribution < 1.29 is 19.1 Å². The van der Waals surface area contributed by atoms with Crippen LogP contribution in [0.1, 0.15) is 30.4 Å². The molecule has 0 spiro atoms. The van der Waals surface area contributed by atoms with Crippen molar-refractivity contribution in [3.05, 3.63) is 39.5 Å². The second-order valence-corrected chi connectivity index (χ2v) is 8.66. The molecule has 0 saturated heterocycles. The van der Waals surface area contributed by atoms with Gasteiger partial charge in [0.1, 0.15) is 16.8 Å². The lowest BCUT2D eigenvalue weighted by atomic mass is 10.1. The van der Waals surface area contributed by atoms with Crippen LogP contribution in [-0.2, 0) is 16.1 Å². The van der Waals surface area contributed by atoms with E-state index >= 15 is 0 Å². The maximum absolute atomic E-state index is 13.5. The first-order valence-electron chi connectivity index (χ1n) is 11.1. The van der Waals surface area contributed by atoms with E-state index in [0.717, 1.165) is 25.0 Å². The van der Waals surface area contributed by atoms with Gasteiger partial charge >= 0.3 is 5.97 Å². The highest BCUT2D eigenvalue weighted by Gasteiger charge is 2.27. The second-order valence-electron chi connectivity index (χ2n) is 7.64. The number of esters is 1. The lowest BCUT2D eigenvalue weighted by Crippen LogP contribution is -2.36. The average molecular weight is 474 g/mol. The zero-order valence-corrected chi connectivity index (χ0v) is 20.7. The summed E-state index contributed by atoms with van der Waals surface area (Å²) in [5.74, 6) is -0.436. The third-order valence-electron chi connectivity index (χ3n) is 5.75. The van der Waals surface area contributed by atoms with E-state index in [2.05, 4.69) is 18.7 Å². The Labute approximate surface area is 197 Å². The Morgan fingerprint density at radius 1 is 1.09 bits per heavy atom. The predicted molar refractivity (Wildman–Crippen MR) is 132 cm³/mol. The number of ether oxygens (including phenoxy) is 2. The zero-order valence-electron chi connectivity index (χ0n) is 19.8. The maximum atomic E-state index is 13.5. The van der Waals surface area contributed by atoms with Gasteiger partial charge in [0.05, 0.1) is 23.9 Å². The molecular weight excluding hydrogens is 442 g/mol. The number of pyridine rings is 1. The number of amides is 1. The molecule has 0 fully saturated rings. The largest absolute Gasteiger partial charge is 0.494 e. The number of carbonyl (C=O) groups is 2. The summed E-state index contributed by atoms with van der Waals surface area (Å²) >= 11 is 1.25. The highest BCUT2D eigenvalue weighted by atomic mass is 32.1. The van der Waals surface area contributed by atoms with Crippen molar-refractivity contribution in [2.75, 3.05) is 46.9 Å². The van der Waals surface area contributed by atoms with Gasteiger partial charge in [-0.3, -0.25) is 19.0 Å². The number of nitrogens with zero attached hydrogens (tertiary/aromatic N) is 3. The van der Waals surface area contributed by atoms with Crippen LogP contribution in [0.25, 0.3) is 21.0 Å². The van der Waals surface area contributed by atoms with Crippen LogP contribution in [0.4, 0.5) is 0 Å². The predicted octanol–water partition coefficient (Wildman–Crippen LogP) is 3.20. The Hall–Kier alpha value is -2.91. The molecule has 0 aliphatic heterocycles. The lowest BCUT2D eigenvalue weighted by Gasteiger charge is -2.23. The molecule has 178 valence electrons. The minimum Gasteiger partial charge on any atom is -0.494 e. The van der Waals surface area contributed by atoms with Crippen LogP contribution in [0.5, 0.6) is 5.75 Å². The molecule has 0 radical (unpaired) electrons. The lowest BCUT2D eigenvalue weighted by molar-refractivity contribution is -0.143. The number of hydrogen-bond donors (Lipinski definition) is 0. The van der Waals surface area contributed by atoms with Gasteiger partial charge in [-0.15, -0.1) is 11.3 Å². The molecule has 0 aliphatic carbocycles. The molecule has 0 N–H and O–H groups in total. The first-order valence-corrected chi connectivity index (χ1v) is 11.9. The van der Waals surface area contributed by atoms with Crippen molar-refractivity contribution in [2.24, 2.45) is 0 Å². The van der Waals surface area contributed by atoms with Crippen LogP contribution in [0.2, 0.25) is 0 Å². The third-order valence-corrected chi connectivity index (χ3v) is 6.94. The van der Waals surface area contributed by atoms with E-state index in [1.54, 1.807) is 24.9 Å². The summed E-state index contributed by atoms with van der Waals surface area (Å²) in [6.45, 7) is 9.07. The van der Waals surface area contributed by atoms with E-state index in [9.17, 15) is 14.4 Å². The highest BCUT2D eigenvalue weighted by molar-refractivity contribution is 7.22. The van der Waals surface area contributed by atoms with Crippen LogP contribution in [0.15, 0.2) is 29.1 Å². The molecule has 33 heavy (non-hydrogen) atoms. The number of hydrogen-bond acceptors (Lipinski definition) is 7. The van der Waals surface area contributed by atoms with E-state index in [1.807, 2.05) is 18.2 Å². The van der Waals surface area contributed by atoms with E-state index in [-0.39, 0.29) is 30.4 Å². The van der Waals surface area contributed by atoms with Crippen LogP contribution in [0, 0.1) is 0 Å². The smallest absolute Gasteiger partial charge is 0.326 e. The van der Waals surface area contributed by atoms with Crippen LogP contribution in [-0.4, -0.2) is 73.2 Å². The molecule has 8 nitrogen and oxygen atoms in total. The van der Waals surface area contributed by atoms with Gasteiger partial charge in [0.15, 0.2) is 5.75 Å². The van der Waals surface area contributed by atoms with Gasteiger partial charge < -0.3 is 19.3 Å². The van der Waals surface area contributed by atoms with Gasteiger partial charge in [-0.25, -0.2) is 0 Å². The molecule has 2 aromatic heterocycles. The standard InChI is InChI=1S/C24H31N3O5S/c1-6-26(7-2)14-13-25(4)24(30)22-20(31-5)19-21(33-22)16-11-9-10-12-17(16)27(23(19)29)15-18(28)32-8-3/h9-12H,6-8,13-15H2,1-5H3. The molecule has 9 heteroatoms.